The van der Waals surface area contributed by atoms with Crippen LogP contribution in [-0.2, 0) is 12.8 Å². The molecule has 1 unspecified atom stereocenters. The van der Waals surface area contributed by atoms with Gasteiger partial charge in [0.1, 0.15) is 5.75 Å². The molecular formula is C18H23NOS. The molecule has 0 fully saturated rings. The molecule has 1 heterocycles. The highest BCUT2D eigenvalue weighted by molar-refractivity contribution is 7.12. The number of fused-ring (bicyclic) bond motifs is 1. The van der Waals surface area contributed by atoms with Crippen LogP contribution in [0.15, 0.2) is 18.2 Å². The molecule has 1 aromatic heterocycles. The second-order valence-corrected chi connectivity index (χ2v) is 7.14. The number of rotatable bonds is 3. The Labute approximate surface area is 130 Å². The molecular weight excluding hydrogens is 278 g/mol. The monoisotopic (exact) mass is 301 g/mol. The standard InChI is InChI=1S/C18H23NOS/c1-11-8-14(9-12(2)18(11)20-3)17(19)16-10-13-6-4-5-7-15(13)21-16/h8-10,17H,4-7,19H2,1-3H3. The van der Waals surface area contributed by atoms with E-state index in [9.17, 15) is 0 Å². The van der Waals surface area contributed by atoms with Crippen molar-refractivity contribution in [3.05, 3.63) is 50.2 Å². The molecule has 1 aromatic carbocycles. The van der Waals surface area contributed by atoms with E-state index in [1.54, 1.807) is 12.0 Å². The van der Waals surface area contributed by atoms with E-state index in [2.05, 4.69) is 32.0 Å². The molecule has 3 rings (SSSR count). The molecule has 1 atom stereocenters. The van der Waals surface area contributed by atoms with Crippen LogP contribution in [0.3, 0.4) is 0 Å². The van der Waals surface area contributed by atoms with Crippen molar-refractivity contribution in [2.75, 3.05) is 7.11 Å². The molecule has 2 N–H and O–H groups in total. The summed E-state index contributed by atoms with van der Waals surface area (Å²) in [5.74, 6) is 0.969. The van der Waals surface area contributed by atoms with E-state index in [0.29, 0.717) is 0 Å². The van der Waals surface area contributed by atoms with Gasteiger partial charge in [0, 0.05) is 9.75 Å². The molecule has 1 aliphatic carbocycles. The molecule has 112 valence electrons. The van der Waals surface area contributed by atoms with Gasteiger partial charge in [-0.2, -0.15) is 0 Å². The van der Waals surface area contributed by atoms with E-state index >= 15 is 0 Å². The summed E-state index contributed by atoms with van der Waals surface area (Å²) >= 11 is 1.90. The average molecular weight is 301 g/mol. The topological polar surface area (TPSA) is 35.2 Å². The highest BCUT2D eigenvalue weighted by atomic mass is 32.1. The lowest BCUT2D eigenvalue weighted by Crippen LogP contribution is -2.11. The van der Waals surface area contributed by atoms with Crippen LogP contribution >= 0.6 is 11.3 Å². The number of hydrogen-bond donors (Lipinski definition) is 1. The van der Waals surface area contributed by atoms with Gasteiger partial charge in [-0.3, -0.25) is 0 Å². The Morgan fingerprint density at radius 1 is 1.10 bits per heavy atom. The third kappa shape index (κ3) is 2.72. The highest BCUT2D eigenvalue weighted by Gasteiger charge is 2.19. The van der Waals surface area contributed by atoms with Crippen molar-refractivity contribution in [2.45, 2.75) is 45.6 Å². The van der Waals surface area contributed by atoms with Gasteiger partial charge >= 0.3 is 0 Å². The Hall–Kier alpha value is -1.32. The minimum absolute atomic E-state index is 0.0242. The summed E-state index contributed by atoms with van der Waals surface area (Å²) in [6.45, 7) is 4.17. The summed E-state index contributed by atoms with van der Waals surface area (Å²) < 4.78 is 5.44. The van der Waals surface area contributed by atoms with E-state index in [-0.39, 0.29) is 6.04 Å². The molecule has 21 heavy (non-hydrogen) atoms. The van der Waals surface area contributed by atoms with Gasteiger partial charge in [0.25, 0.3) is 0 Å². The summed E-state index contributed by atoms with van der Waals surface area (Å²) in [6, 6.07) is 6.63. The van der Waals surface area contributed by atoms with E-state index in [0.717, 1.165) is 16.9 Å². The van der Waals surface area contributed by atoms with Gasteiger partial charge in [-0.15, -0.1) is 11.3 Å². The molecule has 0 saturated carbocycles. The van der Waals surface area contributed by atoms with Crippen molar-refractivity contribution in [3.63, 3.8) is 0 Å². The number of nitrogens with two attached hydrogens (primary N) is 1. The molecule has 0 amide bonds. The molecule has 1 aliphatic rings. The van der Waals surface area contributed by atoms with Gasteiger partial charge in [0.2, 0.25) is 0 Å². The van der Waals surface area contributed by atoms with E-state index < -0.39 is 0 Å². The third-order valence-electron chi connectivity index (χ3n) is 4.37. The quantitative estimate of drug-likeness (QED) is 0.917. The van der Waals surface area contributed by atoms with Crippen LogP contribution in [0.4, 0.5) is 0 Å². The second kappa shape index (κ2) is 5.82. The average Bonchev–Trinajstić information content (AvgIpc) is 2.90. The van der Waals surface area contributed by atoms with Crippen molar-refractivity contribution in [1.29, 1.82) is 0 Å². The predicted octanol–water partition coefficient (Wildman–Crippen LogP) is 4.30. The Kier molecular flexibility index (Phi) is 4.05. The molecule has 0 spiro atoms. The van der Waals surface area contributed by atoms with Crippen LogP contribution < -0.4 is 10.5 Å². The van der Waals surface area contributed by atoms with E-state index in [1.807, 2.05) is 11.3 Å². The molecule has 0 radical (unpaired) electrons. The lowest BCUT2D eigenvalue weighted by Gasteiger charge is -2.15. The largest absolute Gasteiger partial charge is 0.496 e. The summed E-state index contributed by atoms with van der Waals surface area (Å²) in [5, 5.41) is 0. The van der Waals surface area contributed by atoms with Gasteiger partial charge in [-0.05, 0) is 67.9 Å². The lowest BCUT2D eigenvalue weighted by atomic mass is 9.96. The van der Waals surface area contributed by atoms with Crippen LogP contribution in [0, 0.1) is 13.8 Å². The van der Waals surface area contributed by atoms with E-state index in [4.69, 9.17) is 10.5 Å². The first-order valence-corrected chi connectivity index (χ1v) is 8.44. The van der Waals surface area contributed by atoms with Gasteiger partial charge in [0.15, 0.2) is 0 Å². The maximum Gasteiger partial charge on any atom is 0.124 e. The van der Waals surface area contributed by atoms with Crippen LogP contribution in [0.1, 0.15) is 50.9 Å². The first-order chi connectivity index (χ1) is 10.1. The predicted molar refractivity (Wildman–Crippen MR) is 89.5 cm³/mol. The zero-order chi connectivity index (χ0) is 15.0. The number of thiophene rings is 1. The van der Waals surface area contributed by atoms with Crippen LogP contribution in [0.5, 0.6) is 5.75 Å². The highest BCUT2D eigenvalue weighted by Crippen LogP contribution is 2.36. The normalized spacial score (nSPS) is 15.6. The lowest BCUT2D eigenvalue weighted by molar-refractivity contribution is 0.408. The molecule has 3 heteroatoms. The second-order valence-electron chi connectivity index (χ2n) is 5.97. The van der Waals surface area contributed by atoms with Crippen LogP contribution in [0.25, 0.3) is 0 Å². The number of methoxy groups -OCH3 is 1. The van der Waals surface area contributed by atoms with Crippen molar-refractivity contribution in [3.8, 4) is 5.75 Å². The SMILES string of the molecule is COc1c(C)cc(C(N)c2cc3c(s2)CCCC3)cc1C. The van der Waals surface area contributed by atoms with E-state index in [1.165, 1.54) is 41.7 Å². The van der Waals surface area contributed by atoms with Crippen molar-refractivity contribution >= 4 is 11.3 Å². The fraction of sp³-hybridized carbons (Fsp3) is 0.444. The molecule has 2 nitrogen and oxygen atoms in total. The Morgan fingerprint density at radius 3 is 2.38 bits per heavy atom. The number of hydrogen-bond acceptors (Lipinski definition) is 3. The first kappa shape index (κ1) is 14.6. The summed E-state index contributed by atoms with van der Waals surface area (Å²) in [7, 11) is 1.72. The van der Waals surface area contributed by atoms with Crippen molar-refractivity contribution < 1.29 is 4.74 Å². The third-order valence-corrected chi connectivity index (χ3v) is 5.69. The first-order valence-electron chi connectivity index (χ1n) is 7.62. The van der Waals surface area contributed by atoms with Gasteiger partial charge < -0.3 is 10.5 Å². The maximum absolute atomic E-state index is 6.53. The van der Waals surface area contributed by atoms with Crippen molar-refractivity contribution in [2.24, 2.45) is 5.73 Å². The van der Waals surface area contributed by atoms with Crippen LogP contribution in [-0.4, -0.2) is 7.11 Å². The van der Waals surface area contributed by atoms with Crippen molar-refractivity contribution in [1.82, 2.24) is 0 Å². The number of benzene rings is 1. The minimum Gasteiger partial charge on any atom is -0.496 e. The smallest absolute Gasteiger partial charge is 0.124 e. The van der Waals surface area contributed by atoms with Crippen LogP contribution in [0.2, 0.25) is 0 Å². The summed E-state index contributed by atoms with van der Waals surface area (Å²) in [4.78, 5) is 2.85. The Bertz CT molecular complexity index is 613. The zero-order valence-electron chi connectivity index (χ0n) is 13.0. The molecule has 0 saturated heterocycles. The summed E-state index contributed by atoms with van der Waals surface area (Å²) in [6.07, 6.45) is 5.09. The zero-order valence-corrected chi connectivity index (χ0v) is 13.8. The molecule has 2 aromatic rings. The van der Waals surface area contributed by atoms with Gasteiger partial charge in [-0.25, -0.2) is 0 Å². The Balaban J connectivity index is 1.94. The summed E-state index contributed by atoms with van der Waals surface area (Å²) in [5.41, 5.74) is 11.6. The Morgan fingerprint density at radius 2 is 1.76 bits per heavy atom. The van der Waals surface area contributed by atoms with Gasteiger partial charge in [0.05, 0.1) is 13.2 Å². The molecule has 0 bridgehead atoms. The molecule has 0 aliphatic heterocycles. The number of aryl methyl sites for hydroxylation is 4. The minimum atomic E-state index is -0.0242. The maximum atomic E-state index is 6.53. The van der Waals surface area contributed by atoms with Gasteiger partial charge in [-0.1, -0.05) is 12.1 Å². The fourth-order valence-corrected chi connectivity index (χ4v) is 4.60. The number of ether oxygens (including phenoxy) is 1. The fourth-order valence-electron chi connectivity index (χ4n) is 3.32.